The van der Waals surface area contributed by atoms with Crippen LogP contribution in [-0.2, 0) is 7.05 Å². The number of aromatic nitrogens is 6. The van der Waals surface area contributed by atoms with E-state index in [0.717, 1.165) is 35.1 Å². The van der Waals surface area contributed by atoms with Gasteiger partial charge in [0.05, 0.1) is 22.8 Å². The summed E-state index contributed by atoms with van der Waals surface area (Å²) in [5, 5.41) is 13.6. The second-order valence-electron chi connectivity index (χ2n) is 8.68. The third-order valence-electron chi connectivity index (χ3n) is 6.29. The van der Waals surface area contributed by atoms with E-state index in [9.17, 15) is 9.90 Å². The molecular formula is C22H25N7O2. The number of benzene rings is 1. The van der Waals surface area contributed by atoms with Crippen molar-refractivity contribution in [1.29, 1.82) is 0 Å². The smallest absolute Gasteiger partial charge is 0.330 e. The lowest BCUT2D eigenvalue weighted by Crippen LogP contribution is -2.35. The Hall–Kier alpha value is -3.33. The Morgan fingerprint density at radius 2 is 1.81 bits per heavy atom. The predicted molar refractivity (Wildman–Crippen MR) is 118 cm³/mol. The molecule has 0 unspecified atom stereocenters. The van der Waals surface area contributed by atoms with Gasteiger partial charge in [-0.1, -0.05) is 0 Å². The van der Waals surface area contributed by atoms with Crippen molar-refractivity contribution in [2.45, 2.75) is 51.2 Å². The predicted octanol–water partition coefficient (Wildman–Crippen LogP) is 2.99. The van der Waals surface area contributed by atoms with Crippen LogP contribution >= 0.6 is 0 Å². The van der Waals surface area contributed by atoms with Gasteiger partial charge in [-0.2, -0.15) is 4.98 Å². The molecule has 1 aliphatic carbocycles. The summed E-state index contributed by atoms with van der Waals surface area (Å²) in [4.78, 5) is 30.8. The van der Waals surface area contributed by atoms with E-state index in [2.05, 4.69) is 20.3 Å². The summed E-state index contributed by atoms with van der Waals surface area (Å²) in [5.41, 5.74) is 3.97. The minimum absolute atomic E-state index is 0.0110. The molecule has 2 N–H and O–H groups in total. The average Bonchev–Trinajstić information content (AvgIpc) is 2.99. The van der Waals surface area contributed by atoms with Crippen LogP contribution in [0.3, 0.4) is 0 Å². The molecule has 0 spiro atoms. The Bertz CT molecular complexity index is 1350. The maximum atomic E-state index is 13.0. The van der Waals surface area contributed by atoms with Crippen molar-refractivity contribution in [3.63, 3.8) is 0 Å². The molecule has 0 bridgehead atoms. The summed E-state index contributed by atoms with van der Waals surface area (Å²) < 4.78 is 3.35. The number of aryl methyl sites for hydroxylation is 2. The standard InChI is InChI=1S/C22H25N7O2/c1-13-10-16-17(24-9-8-23-16)11-15(13)26-20-25-12-18-19(27-20)29(21(30)28(18)3)14-4-6-22(2,31)7-5-14/h8-12,14,31H,4-7H2,1-3H3,(H,25,26,27)/t14-,22-. The van der Waals surface area contributed by atoms with Crippen LogP contribution in [0.1, 0.15) is 44.2 Å². The molecule has 5 rings (SSSR count). The van der Waals surface area contributed by atoms with Crippen molar-refractivity contribution in [1.82, 2.24) is 29.1 Å². The van der Waals surface area contributed by atoms with Crippen LogP contribution in [0.15, 0.2) is 35.5 Å². The number of imidazole rings is 1. The molecule has 9 nitrogen and oxygen atoms in total. The van der Waals surface area contributed by atoms with Gasteiger partial charge < -0.3 is 10.4 Å². The summed E-state index contributed by atoms with van der Waals surface area (Å²) in [7, 11) is 1.74. The van der Waals surface area contributed by atoms with E-state index in [0.29, 0.717) is 30.0 Å². The van der Waals surface area contributed by atoms with Crippen molar-refractivity contribution in [3.8, 4) is 0 Å². The van der Waals surface area contributed by atoms with E-state index in [4.69, 9.17) is 4.98 Å². The van der Waals surface area contributed by atoms with Crippen LogP contribution in [0.2, 0.25) is 0 Å². The van der Waals surface area contributed by atoms with Crippen molar-refractivity contribution >= 4 is 33.8 Å². The second-order valence-corrected chi connectivity index (χ2v) is 8.68. The zero-order valence-corrected chi connectivity index (χ0v) is 17.8. The molecule has 0 aliphatic heterocycles. The third-order valence-corrected chi connectivity index (χ3v) is 6.29. The molecular weight excluding hydrogens is 394 g/mol. The molecule has 1 fully saturated rings. The number of nitrogens with one attached hydrogen (secondary N) is 1. The van der Waals surface area contributed by atoms with Gasteiger partial charge in [0, 0.05) is 31.2 Å². The van der Waals surface area contributed by atoms with Crippen molar-refractivity contribution < 1.29 is 5.11 Å². The van der Waals surface area contributed by atoms with Gasteiger partial charge in [-0.05, 0) is 57.2 Å². The van der Waals surface area contributed by atoms with Crippen LogP contribution in [0, 0.1) is 6.92 Å². The zero-order valence-electron chi connectivity index (χ0n) is 17.8. The van der Waals surface area contributed by atoms with Crippen molar-refractivity contribution in [2.24, 2.45) is 7.05 Å². The van der Waals surface area contributed by atoms with E-state index in [1.165, 1.54) is 0 Å². The topological polar surface area (TPSA) is 111 Å². The molecule has 3 aromatic heterocycles. The summed E-state index contributed by atoms with van der Waals surface area (Å²) in [6.45, 7) is 3.84. The molecule has 0 atom stereocenters. The highest BCUT2D eigenvalue weighted by atomic mass is 16.3. The van der Waals surface area contributed by atoms with Gasteiger partial charge in [0.1, 0.15) is 5.52 Å². The summed E-state index contributed by atoms with van der Waals surface area (Å²) >= 11 is 0. The van der Waals surface area contributed by atoms with E-state index in [1.54, 1.807) is 34.8 Å². The summed E-state index contributed by atoms with van der Waals surface area (Å²) in [5.74, 6) is 0.418. The van der Waals surface area contributed by atoms with E-state index < -0.39 is 5.60 Å². The number of nitrogens with zero attached hydrogens (tertiary/aromatic N) is 6. The largest absolute Gasteiger partial charge is 0.390 e. The Morgan fingerprint density at radius 3 is 2.52 bits per heavy atom. The summed E-state index contributed by atoms with van der Waals surface area (Å²) in [6.07, 6.45) is 7.81. The highest BCUT2D eigenvalue weighted by Crippen LogP contribution is 2.35. The van der Waals surface area contributed by atoms with Crippen molar-refractivity contribution in [3.05, 3.63) is 46.8 Å². The first-order valence-corrected chi connectivity index (χ1v) is 10.5. The fourth-order valence-corrected chi connectivity index (χ4v) is 4.38. The molecule has 1 saturated carbocycles. The van der Waals surface area contributed by atoms with Gasteiger partial charge in [-0.15, -0.1) is 0 Å². The molecule has 31 heavy (non-hydrogen) atoms. The first-order chi connectivity index (χ1) is 14.8. The second kappa shape index (κ2) is 7.12. The number of hydrogen-bond donors (Lipinski definition) is 2. The lowest BCUT2D eigenvalue weighted by atomic mass is 9.83. The molecule has 3 heterocycles. The van der Waals surface area contributed by atoms with Crippen LogP contribution in [0.25, 0.3) is 22.2 Å². The number of rotatable bonds is 3. The van der Waals surface area contributed by atoms with Gasteiger partial charge >= 0.3 is 5.69 Å². The average molecular weight is 419 g/mol. The fourth-order valence-electron chi connectivity index (χ4n) is 4.38. The van der Waals surface area contributed by atoms with E-state index in [1.807, 2.05) is 26.0 Å². The number of anilines is 2. The molecule has 1 aromatic carbocycles. The van der Waals surface area contributed by atoms with Crippen LogP contribution < -0.4 is 11.0 Å². The minimum atomic E-state index is -0.664. The molecule has 0 radical (unpaired) electrons. The maximum absolute atomic E-state index is 13.0. The van der Waals surface area contributed by atoms with Crippen LogP contribution in [0.4, 0.5) is 11.6 Å². The van der Waals surface area contributed by atoms with Gasteiger partial charge in [0.2, 0.25) is 5.95 Å². The molecule has 0 saturated heterocycles. The number of hydrogen-bond acceptors (Lipinski definition) is 7. The SMILES string of the molecule is Cc1cc2nccnc2cc1Nc1ncc2c(n1)n([C@H]1CC[C@](C)(O)CC1)c(=O)n2C. The van der Waals surface area contributed by atoms with Gasteiger partial charge in [0.15, 0.2) is 5.65 Å². The Balaban J connectivity index is 1.54. The quantitative estimate of drug-likeness (QED) is 0.525. The fraction of sp³-hybridized carbons (Fsp3) is 0.409. The molecule has 160 valence electrons. The molecule has 9 heteroatoms. The summed E-state index contributed by atoms with van der Waals surface area (Å²) in [6, 6.07) is 3.90. The normalized spacial score (nSPS) is 21.6. The zero-order chi connectivity index (χ0) is 21.8. The van der Waals surface area contributed by atoms with Gasteiger partial charge in [-0.25, -0.2) is 9.78 Å². The molecule has 1 aliphatic rings. The first-order valence-electron chi connectivity index (χ1n) is 10.5. The first kappa shape index (κ1) is 19.6. The number of fused-ring (bicyclic) bond motifs is 2. The lowest BCUT2D eigenvalue weighted by Gasteiger charge is -2.33. The Kier molecular flexibility index (Phi) is 4.51. The third kappa shape index (κ3) is 3.44. The van der Waals surface area contributed by atoms with Crippen LogP contribution in [0.5, 0.6) is 0 Å². The van der Waals surface area contributed by atoms with Crippen LogP contribution in [-0.4, -0.2) is 39.8 Å². The lowest BCUT2D eigenvalue weighted by molar-refractivity contribution is 0.00991. The minimum Gasteiger partial charge on any atom is -0.390 e. The van der Waals surface area contributed by atoms with Gasteiger partial charge in [0.25, 0.3) is 0 Å². The number of aliphatic hydroxyl groups is 1. The Labute approximate surface area is 178 Å². The molecule has 0 amide bonds. The van der Waals surface area contributed by atoms with Gasteiger partial charge in [-0.3, -0.25) is 19.1 Å². The molecule has 4 aromatic rings. The maximum Gasteiger partial charge on any atom is 0.330 e. The Morgan fingerprint density at radius 1 is 1.13 bits per heavy atom. The highest BCUT2D eigenvalue weighted by Gasteiger charge is 2.31. The van der Waals surface area contributed by atoms with E-state index >= 15 is 0 Å². The van der Waals surface area contributed by atoms with Crippen molar-refractivity contribution in [2.75, 3.05) is 5.32 Å². The highest BCUT2D eigenvalue weighted by molar-refractivity contribution is 5.82. The monoisotopic (exact) mass is 419 g/mol. The van der Waals surface area contributed by atoms with E-state index in [-0.39, 0.29) is 11.7 Å².